The van der Waals surface area contributed by atoms with Crippen molar-refractivity contribution in [3.8, 4) is 0 Å². The standard InChI is InChI=1S/C20H30N4O2S2/c1-7-21-19(23-12-16-13-27-18(24-16)20(3,4)5)22-11-15-8-9-17(14(2)10-15)28(6,25)26/h8-10,13H,7,11-12H2,1-6H3,(H2,21,22,23). The van der Waals surface area contributed by atoms with Gasteiger partial charge in [-0.2, -0.15) is 0 Å². The summed E-state index contributed by atoms with van der Waals surface area (Å²) >= 11 is 1.68. The van der Waals surface area contributed by atoms with Gasteiger partial charge < -0.3 is 10.6 Å². The Morgan fingerprint density at radius 1 is 1.25 bits per heavy atom. The van der Waals surface area contributed by atoms with Gasteiger partial charge in [0, 0.05) is 23.6 Å². The predicted molar refractivity (Wildman–Crippen MR) is 117 cm³/mol. The first-order valence-corrected chi connectivity index (χ1v) is 12.0. The van der Waals surface area contributed by atoms with E-state index in [9.17, 15) is 8.42 Å². The zero-order valence-corrected chi connectivity index (χ0v) is 19.1. The topological polar surface area (TPSA) is 83.5 Å². The molecule has 6 nitrogen and oxygen atoms in total. The molecule has 0 bridgehead atoms. The molecule has 28 heavy (non-hydrogen) atoms. The minimum atomic E-state index is -3.20. The van der Waals surface area contributed by atoms with Crippen molar-refractivity contribution >= 4 is 27.1 Å². The van der Waals surface area contributed by atoms with Crippen LogP contribution < -0.4 is 10.6 Å². The van der Waals surface area contributed by atoms with Crippen LogP contribution in [0, 0.1) is 6.92 Å². The van der Waals surface area contributed by atoms with Crippen LogP contribution in [-0.2, 0) is 28.3 Å². The Balaban J connectivity index is 2.06. The molecule has 2 aromatic rings. The fourth-order valence-corrected chi connectivity index (χ4v) is 4.51. The van der Waals surface area contributed by atoms with Crippen molar-refractivity contribution in [3.63, 3.8) is 0 Å². The van der Waals surface area contributed by atoms with Gasteiger partial charge in [0.25, 0.3) is 0 Å². The van der Waals surface area contributed by atoms with Gasteiger partial charge in [0.05, 0.1) is 28.7 Å². The number of aliphatic imine (C=N–C) groups is 1. The third kappa shape index (κ3) is 6.31. The lowest BCUT2D eigenvalue weighted by atomic mass is 9.98. The molecule has 2 N–H and O–H groups in total. The molecule has 0 saturated carbocycles. The van der Waals surface area contributed by atoms with Crippen LogP contribution in [0.25, 0.3) is 0 Å². The second-order valence-electron chi connectivity index (χ2n) is 7.81. The van der Waals surface area contributed by atoms with E-state index in [0.717, 1.165) is 28.4 Å². The van der Waals surface area contributed by atoms with Gasteiger partial charge in [-0.05, 0) is 31.0 Å². The maximum absolute atomic E-state index is 11.7. The Bertz CT molecular complexity index is 941. The van der Waals surface area contributed by atoms with Crippen LogP contribution in [0.3, 0.4) is 0 Å². The number of rotatable bonds is 6. The highest BCUT2D eigenvalue weighted by molar-refractivity contribution is 7.90. The molecule has 0 aliphatic rings. The molecule has 2 rings (SSSR count). The lowest BCUT2D eigenvalue weighted by Crippen LogP contribution is -2.36. The maximum atomic E-state index is 11.7. The second-order valence-corrected chi connectivity index (χ2v) is 10.7. The molecular weight excluding hydrogens is 392 g/mol. The molecule has 0 saturated heterocycles. The molecule has 1 aromatic carbocycles. The van der Waals surface area contributed by atoms with E-state index >= 15 is 0 Å². The summed E-state index contributed by atoms with van der Waals surface area (Å²) in [6.07, 6.45) is 1.23. The molecular formula is C20H30N4O2S2. The third-order valence-corrected chi connectivity index (χ3v) is 6.61. The van der Waals surface area contributed by atoms with E-state index in [0.29, 0.717) is 23.9 Å². The van der Waals surface area contributed by atoms with Crippen LogP contribution in [0.4, 0.5) is 0 Å². The maximum Gasteiger partial charge on any atom is 0.191 e. The lowest BCUT2D eigenvalue weighted by molar-refractivity contribution is 0.582. The van der Waals surface area contributed by atoms with E-state index in [-0.39, 0.29) is 5.41 Å². The Hall–Kier alpha value is -1.93. The van der Waals surface area contributed by atoms with Gasteiger partial charge in [-0.1, -0.05) is 32.9 Å². The molecule has 0 atom stereocenters. The van der Waals surface area contributed by atoms with E-state index in [4.69, 9.17) is 4.98 Å². The first kappa shape index (κ1) is 22.4. The van der Waals surface area contributed by atoms with Crippen LogP contribution in [0.5, 0.6) is 0 Å². The molecule has 0 radical (unpaired) electrons. The quantitative estimate of drug-likeness (QED) is 0.551. The van der Waals surface area contributed by atoms with E-state index in [2.05, 4.69) is 41.8 Å². The molecule has 8 heteroatoms. The monoisotopic (exact) mass is 422 g/mol. The Labute approximate surface area is 172 Å². The summed E-state index contributed by atoms with van der Waals surface area (Å²) in [5, 5.41) is 9.73. The van der Waals surface area contributed by atoms with E-state index in [1.54, 1.807) is 17.4 Å². The number of hydrogen-bond donors (Lipinski definition) is 2. The van der Waals surface area contributed by atoms with Crippen molar-refractivity contribution in [3.05, 3.63) is 45.4 Å². The number of guanidine groups is 1. The predicted octanol–water partition coefficient (Wildman–Crippen LogP) is 3.41. The van der Waals surface area contributed by atoms with E-state index in [1.807, 2.05) is 26.0 Å². The van der Waals surface area contributed by atoms with Gasteiger partial charge >= 0.3 is 0 Å². The first-order chi connectivity index (χ1) is 13.0. The van der Waals surface area contributed by atoms with Crippen molar-refractivity contribution in [2.75, 3.05) is 12.8 Å². The molecule has 0 fully saturated rings. The molecule has 154 valence electrons. The number of thiazole rings is 1. The van der Waals surface area contributed by atoms with Gasteiger partial charge in [-0.25, -0.2) is 18.4 Å². The minimum absolute atomic E-state index is 0.0531. The molecule has 0 spiro atoms. The number of benzene rings is 1. The SMILES string of the molecule is CCNC(=NCc1ccc(S(C)(=O)=O)c(C)c1)NCc1csc(C(C)(C)C)n1. The van der Waals surface area contributed by atoms with Crippen LogP contribution in [0.1, 0.15) is 49.5 Å². The Kier molecular flexibility index (Phi) is 7.22. The number of nitrogens with zero attached hydrogens (tertiary/aromatic N) is 2. The summed E-state index contributed by atoms with van der Waals surface area (Å²) in [4.78, 5) is 9.66. The molecule has 0 unspecified atom stereocenters. The average molecular weight is 423 g/mol. The van der Waals surface area contributed by atoms with Gasteiger partial charge in [0.2, 0.25) is 0 Å². The third-order valence-electron chi connectivity index (χ3n) is 4.03. The number of sulfone groups is 1. The number of aryl methyl sites for hydroxylation is 1. The highest BCUT2D eigenvalue weighted by Gasteiger charge is 2.18. The zero-order valence-electron chi connectivity index (χ0n) is 17.5. The van der Waals surface area contributed by atoms with Gasteiger partial charge in [-0.3, -0.25) is 0 Å². The number of hydrogen-bond acceptors (Lipinski definition) is 5. The highest BCUT2D eigenvalue weighted by Crippen LogP contribution is 2.25. The lowest BCUT2D eigenvalue weighted by Gasteiger charge is -2.14. The van der Waals surface area contributed by atoms with Gasteiger partial charge in [0.1, 0.15) is 0 Å². The molecule has 0 aliphatic carbocycles. The average Bonchev–Trinajstić information content (AvgIpc) is 3.05. The smallest absolute Gasteiger partial charge is 0.191 e. The van der Waals surface area contributed by atoms with Gasteiger partial charge in [0.15, 0.2) is 15.8 Å². The summed E-state index contributed by atoms with van der Waals surface area (Å²) in [5.74, 6) is 0.706. The molecule has 1 aromatic heterocycles. The van der Waals surface area contributed by atoms with Crippen molar-refractivity contribution in [1.29, 1.82) is 0 Å². The van der Waals surface area contributed by atoms with Crippen LogP contribution in [-0.4, -0.2) is 32.2 Å². The normalized spacial score (nSPS) is 12.9. The largest absolute Gasteiger partial charge is 0.357 e. The van der Waals surface area contributed by atoms with Crippen LogP contribution in [0.2, 0.25) is 0 Å². The fraction of sp³-hybridized carbons (Fsp3) is 0.500. The van der Waals surface area contributed by atoms with Crippen molar-refractivity contribution in [2.24, 2.45) is 4.99 Å². The minimum Gasteiger partial charge on any atom is -0.357 e. The summed E-state index contributed by atoms with van der Waals surface area (Å²) in [5.41, 5.74) is 2.75. The van der Waals surface area contributed by atoms with E-state index in [1.165, 1.54) is 6.26 Å². The summed E-state index contributed by atoms with van der Waals surface area (Å²) < 4.78 is 23.5. The number of nitrogens with one attached hydrogen (secondary N) is 2. The first-order valence-electron chi connectivity index (χ1n) is 9.27. The summed E-state index contributed by atoms with van der Waals surface area (Å²) in [7, 11) is -3.20. The van der Waals surface area contributed by atoms with Crippen molar-refractivity contribution < 1.29 is 8.42 Å². The van der Waals surface area contributed by atoms with Gasteiger partial charge in [-0.15, -0.1) is 11.3 Å². The number of aromatic nitrogens is 1. The second kappa shape index (κ2) is 9.05. The molecule has 0 amide bonds. The zero-order chi connectivity index (χ0) is 20.9. The van der Waals surface area contributed by atoms with E-state index < -0.39 is 9.84 Å². The Morgan fingerprint density at radius 2 is 1.96 bits per heavy atom. The van der Waals surface area contributed by atoms with Crippen LogP contribution >= 0.6 is 11.3 Å². The van der Waals surface area contributed by atoms with Crippen LogP contribution in [0.15, 0.2) is 33.5 Å². The summed E-state index contributed by atoms with van der Waals surface area (Å²) in [6, 6.07) is 5.34. The van der Waals surface area contributed by atoms with Crippen molar-refractivity contribution in [1.82, 2.24) is 15.6 Å². The fourth-order valence-electron chi connectivity index (χ4n) is 2.64. The van der Waals surface area contributed by atoms with Crippen molar-refractivity contribution in [2.45, 2.75) is 58.0 Å². The summed E-state index contributed by atoms with van der Waals surface area (Å²) in [6.45, 7) is 12.1. The Morgan fingerprint density at radius 3 is 2.50 bits per heavy atom. The molecule has 0 aliphatic heterocycles. The molecule has 1 heterocycles. The highest BCUT2D eigenvalue weighted by atomic mass is 32.2.